The van der Waals surface area contributed by atoms with Crippen LogP contribution >= 0.6 is 0 Å². The molecule has 1 unspecified atom stereocenters. The highest BCUT2D eigenvalue weighted by Gasteiger charge is 2.59. The van der Waals surface area contributed by atoms with E-state index in [4.69, 9.17) is 9.47 Å². The van der Waals surface area contributed by atoms with Crippen LogP contribution < -0.4 is 9.47 Å². The van der Waals surface area contributed by atoms with Gasteiger partial charge in [-0.2, -0.15) is 0 Å². The molecular formula is C31H33F2NO6. The van der Waals surface area contributed by atoms with Gasteiger partial charge in [0.05, 0.1) is 24.2 Å². The molecule has 1 aromatic heterocycles. The van der Waals surface area contributed by atoms with E-state index >= 15 is 4.39 Å². The number of aromatic nitrogens is 1. The Hall–Kier alpha value is -3.56. The van der Waals surface area contributed by atoms with Crippen molar-refractivity contribution in [2.45, 2.75) is 64.8 Å². The minimum Gasteiger partial charge on any atom is -0.493 e. The number of aliphatic carboxylic acids is 1. The highest BCUT2D eigenvalue weighted by atomic mass is 19.1. The number of hydrogen-bond donors (Lipinski definition) is 3. The molecule has 9 heteroatoms. The van der Waals surface area contributed by atoms with Gasteiger partial charge in [-0.25, -0.2) is 13.8 Å². The Labute approximate surface area is 231 Å². The fourth-order valence-corrected chi connectivity index (χ4v) is 5.81. The molecule has 3 aromatic rings. The quantitative estimate of drug-likeness (QED) is 0.321. The molecular weight excluding hydrogens is 520 g/mol. The SMILES string of the molecule is Cc1cc(OCCC(O)C(C)(C)O)cc(C)c1-c1cc(COc2cc3c(cn2)[C@H]2[C@@H](C3)[C@@H]2C(=O)O)c(F)cc1F. The van der Waals surface area contributed by atoms with Crippen molar-refractivity contribution >= 4 is 5.97 Å². The van der Waals surface area contributed by atoms with Crippen LogP contribution in [0.4, 0.5) is 8.78 Å². The maximum atomic E-state index is 15.0. The first-order valence-electron chi connectivity index (χ1n) is 13.3. The zero-order valence-corrected chi connectivity index (χ0v) is 22.9. The number of nitrogens with zero attached hydrogens (tertiary/aromatic N) is 1. The van der Waals surface area contributed by atoms with Crippen molar-refractivity contribution in [1.82, 2.24) is 4.98 Å². The molecule has 0 bridgehead atoms. The second kappa shape index (κ2) is 10.4. The van der Waals surface area contributed by atoms with Crippen molar-refractivity contribution in [3.8, 4) is 22.8 Å². The summed E-state index contributed by atoms with van der Waals surface area (Å²) < 4.78 is 41.3. The Morgan fingerprint density at radius 3 is 2.45 bits per heavy atom. The second-order valence-corrected chi connectivity index (χ2v) is 11.4. The van der Waals surface area contributed by atoms with E-state index in [0.717, 1.165) is 28.3 Å². The standard InChI is InChI=1S/C31H33F2NO6/c1-15-7-19(39-6-5-25(35)31(3,4)38)8-16(2)27(15)20-10-18(23(32)12-24(20)33)14-40-26-11-17-9-21-28(22(17)13-34-26)29(21)30(36)37/h7-8,10-13,21,25,28-29,35,38H,5-6,9,14H2,1-4H3,(H,36,37)/t21-,25?,28-,29+/m1/s1. The van der Waals surface area contributed by atoms with Crippen molar-refractivity contribution in [1.29, 1.82) is 0 Å². The molecule has 0 saturated heterocycles. The van der Waals surface area contributed by atoms with E-state index in [1.807, 2.05) is 13.8 Å². The van der Waals surface area contributed by atoms with Crippen LogP contribution in [-0.4, -0.2) is 44.6 Å². The van der Waals surface area contributed by atoms with E-state index in [2.05, 4.69) is 4.98 Å². The number of pyridine rings is 1. The van der Waals surface area contributed by atoms with Gasteiger partial charge in [-0.1, -0.05) is 0 Å². The average molecular weight is 554 g/mol. The topological polar surface area (TPSA) is 109 Å². The number of halogens is 2. The van der Waals surface area contributed by atoms with Gasteiger partial charge in [0.25, 0.3) is 0 Å². The number of rotatable bonds is 10. The molecule has 0 radical (unpaired) electrons. The van der Waals surface area contributed by atoms with Gasteiger partial charge in [0, 0.05) is 41.8 Å². The molecule has 4 atom stereocenters. The fourth-order valence-electron chi connectivity index (χ4n) is 5.81. The number of aliphatic hydroxyl groups is 2. The summed E-state index contributed by atoms with van der Waals surface area (Å²) >= 11 is 0. The Kier molecular flexibility index (Phi) is 7.31. The van der Waals surface area contributed by atoms with Crippen molar-refractivity contribution < 1.29 is 38.4 Å². The van der Waals surface area contributed by atoms with Crippen molar-refractivity contribution in [2.24, 2.45) is 11.8 Å². The van der Waals surface area contributed by atoms with Crippen molar-refractivity contribution in [3.63, 3.8) is 0 Å². The monoisotopic (exact) mass is 553 g/mol. The van der Waals surface area contributed by atoms with E-state index in [1.54, 1.807) is 24.4 Å². The molecule has 0 spiro atoms. The van der Waals surface area contributed by atoms with Crippen molar-refractivity contribution in [3.05, 3.63) is 76.0 Å². The lowest BCUT2D eigenvalue weighted by atomic mass is 9.93. The summed E-state index contributed by atoms with van der Waals surface area (Å²) in [5.74, 6) is -1.59. The van der Waals surface area contributed by atoms with Gasteiger partial charge in [0.1, 0.15) is 24.0 Å². The molecule has 1 fully saturated rings. The largest absolute Gasteiger partial charge is 0.493 e. The molecule has 3 N–H and O–H groups in total. The van der Waals surface area contributed by atoms with Gasteiger partial charge in [-0.3, -0.25) is 4.79 Å². The number of fused-ring (bicyclic) bond motifs is 3. The van der Waals surface area contributed by atoms with Gasteiger partial charge in [-0.15, -0.1) is 0 Å². The summed E-state index contributed by atoms with van der Waals surface area (Å²) in [6.45, 7) is 6.72. The Morgan fingerprint density at radius 1 is 1.10 bits per heavy atom. The first kappa shape index (κ1) is 28.0. The van der Waals surface area contributed by atoms with Gasteiger partial charge in [-0.05, 0) is 86.1 Å². The van der Waals surface area contributed by atoms with Crippen LogP contribution in [0.25, 0.3) is 11.1 Å². The maximum absolute atomic E-state index is 15.0. The smallest absolute Gasteiger partial charge is 0.307 e. The van der Waals surface area contributed by atoms with E-state index in [9.17, 15) is 24.5 Å². The second-order valence-electron chi connectivity index (χ2n) is 11.4. The first-order chi connectivity index (χ1) is 18.8. The minimum absolute atomic E-state index is 0.00806. The first-order valence-corrected chi connectivity index (χ1v) is 13.3. The van der Waals surface area contributed by atoms with Crippen LogP contribution in [0.2, 0.25) is 0 Å². The third-order valence-corrected chi connectivity index (χ3v) is 8.03. The molecule has 2 aliphatic rings. The summed E-state index contributed by atoms with van der Waals surface area (Å²) in [6.07, 6.45) is 1.60. The molecule has 1 heterocycles. The third-order valence-electron chi connectivity index (χ3n) is 8.03. The van der Waals surface area contributed by atoms with Crippen molar-refractivity contribution in [2.75, 3.05) is 6.61 Å². The number of carbonyl (C=O) groups is 1. The highest BCUT2D eigenvalue weighted by Crippen LogP contribution is 2.61. The molecule has 5 rings (SSSR count). The van der Waals surface area contributed by atoms with Gasteiger partial charge in [0.15, 0.2) is 0 Å². The molecule has 0 amide bonds. The zero-order valence-electron chi connectivity index (χ0n) is 22.9. The number of carboxylic acid groups (broad SMARTS) is 1. The van der Waals surface area contributed by atoms with Gasteiger partial charge < -0.3 is 24.8 Å². The van der Waals surface area contributed by atoms with Crippen LogP contribution in [0.5, 0.6) is 11.6 Å². The Bertz CT molecular complexity index is 1440. The van der Waals surface area contributed by atoms with E-state index in [0.29, 0.717) is 23.6 Å². The van der Waals surface area contributed by atoms with Crippen LogP contribution in [0.15, 0.2) is 36.5 Å². The summed E-state index contributed by atoms with van der Waals surface area (Å²) in [7, 11) is 0. The lowest BCUT2D eigenvalue weighted by Gasteiger charge is -2.24. The van der Waals surface area contributed by atoms with Gasteiger partial charge in [0.2, 0.25) is 5.88 Å². The summed E-state index contributed by atoms with van der Waals surface area (Å²) in [6, 6.07) is 7.58. The lowest BCUT2D eigenvalue weighted by Crippen LogP contribution is -2.36. The number of aliphatic hydroxyl groups excluding tert-OH is 1. The molecule has 7 nitrogen and oxygen atoms in total. The maximum Gasteiger partial charge on any atom is 0.307 e. The van der Waals surface area contributed by atoms with E-state index in [-0.39, 0.29) is 48.5 Å². The number of carboxylic acids is 1. The molecule has 1 saturated carbocycles. The molecule has 2 aliphatic carbocycles. The molecule has 2 aromatic carbocycles. The summed E-state index contributed by atoms with van der Waals surface area (Å²) in [5.41, 5.74) is 3.19. The number of benzene rings is 2. The van der Waals surface area contributed by atoms with Crippen LogP contribution in [0.3, 0.4) is 0 Å². The van der Waals surface area contributed by atoms with E-state index in [1.165, 1.54) is 19.9 Å². The normalized spacial score (nSPS) is 20.1. The fraction of sp³-hybridized carbons (Fsp3) is 0.419. The number of hydrogen-bond acceptors (Lipinski definition) is 6. The average Bonchev–Trinajstić information content (AvgIpc) is 3.46. The Balaban J connectivity index is 1.30. The molecule has 40 heavy (non-hydrogen) atoms. The predicted octanol–water partition coefficient (Wildman–Crippen LogP) is 5.09. The Morgan fingerprint density at radius 2 is 1.80 bits per heavy atom. The molecule has 212 valence electrons. The van der Waals surface area contributed by atoms with E-state index < -0.39 is 29.3 Å². The molecule has 0 aliphatic heterocycles. The van der Waals surface area contributed by atoms with Crippen LogP contribution in [-0.2, 0) is 17.8 Å². The highest BCUT2D eigenvalue weighted by molar-refractivity contribution is 5.78. The zero-order chi connectivity index (χ0) is 28.9. The third kappa shape index (κ3) is 5.40. The summed E-state index contributed by atoms with van der Waals surface area (Å²) in [5, 5.41) is 29.2. The van der Waals surface area contributed by atoms with Crippen LogP contribution in [0.1, 0.15) is 54.0 Å². The minimum atomic E-state index is -1.23. The predicted molar refractivity (Wildman–Crippen MR) is 143 cm³/mol. The van der Waals surface area contributed by atoms with Crippen LogP contribution in [0, 0.1) is 37.3 Å². The lowest BCUT2D eigenvalue weighted by molar-refractivity contribution is -0.139. The number of ether oxygens (including phenoxy) is 2. The number of aryl methyl sites for hydroxylation is 2. The van der Waals surface area contributed by atoms with Gasteiger partial charge >= 0.3 is 5.97 Å². The summed E-state index contributed by atoms with van der Waals surface area (Å²) in [4.78, 5) is 15.6.